The van der Waals surface area contributed by atoms with Crippen molar-refractivity contribution in [2.75, 3.05) is 31.6 Å². The Morgan fingerprint density at radius 1 is 1.37 bits per heavy atom. The molecule has 1 aromatic carbocycles. The van der Waals surface area contributed by atoms with Crippen molar-refractivity contribution in [3.63, 3.8) is 0 Å². The van der Waals surface area contributed by atoms with Crippen LogP contribution in [-0.4, -0.2) is 43.1 Å². The number of halogens is 1. The summed E-state index contributed by atoms with van der Waals surface area (Å²) in [7, 11) is 1.42. The van der Waals surface area contributed by atoms with Gasteiger partial charge in [0.05, 0.1) is 29.3 Å². The second kappa shape index (κ2) is 6.64. The first-order valence-corrected chi connectivity index (χ1v) is 9.37. The van der Waals surface area contributed by atoms with E-state index >= 15 is 4.39 Å². The molecule has 1 N–H and O–H groups in total. The molecule has 1 saturated carbocycles. The molecule has 6 nitrogen and oxygen atoms in total. The van der Waals surface area contributed by atoms with Crippen LogP contribution >= 0.6 is 0 Å². The van der Waals surface area contributed by atoms with E-state index < -0.39 is 5.82 Å². The van der Waals surface area contributed by atoms with Gasteiger partial charge in [0.2, 0.25) is 0 Å². The van der Waals surface area contributed by atoms with Crippen molar-refractivity contribution in [2.45, 2.75) is 38.8 Å². The van der Waals surface area contributed by atoms with Crippen LogP contribution in [0.1, 0.15) is 43.1 Å². The Kier molecular flexibility index (Phi) is 4.42. The number of methoxy groups -OCH3 is 1. The summed E-state index contributed by atoms with van der Waals surface area (Å²) in [5.41, 5.74) is 0.576. The average Bonchev–Trinajstić information content (AvgIpc) is 3.46. The first kappa shape index (κ1) is 18.0. The number of hydrogen-bond acceptors (Lipinski definition) is 5. The summed E-state index contributed by atoms with van der Waals surface area (Å²) in [6, 6.07) is 1.98. The number of nitrogens with zero attached hydrogens (tertiary/aromatic N) is 2. The Morgan fingerprint density at radius 2 is 2.11 bits per heavy atom. The van der Waals surface area contributed by atoms with Crippen molar-refractivity contribution in [1.29, 1.82) is 0 Å². The van der Waals surface area contributed by atoms with Gasteiger partial charge in [-0.25, -0.2) is 4.39 Å². The number of benzene rings is 1. The molecule has 4 rings (SSSR count). The molecule has 27 heavy (non-hydrogen) atoms. The zero-order valence-corrected chi connectivity index (χ0v) is 15.8. The Bertz CT molecular complexity index is 981. The van der Waals surface area contributed by atoms with E-state index in [1.165, 1.54) is 14.0 Å². The number of pyridine rings is 1. The highest BCUT2D eigenvalue weighted by Gasteiger charge is 2.31. The molecule has 1 aromatic heterocycles. The van der Waals surface area contributed by atoms with Crippen molar-refractivity contribution >= 4 is 22.4 Å². The van der Waals surface area contributed by atoms with E-state index in [0.29, 0.717) is 29.7 Å². The third-order valence-corrected chi connectivity index (χ3v) is 5.42. The molecule has 0 radical (unpaired) electrons. The van der Waals surface area contributed by atoms with Gasteiger partial charge >= 0.3 is 0 Å². The first-order chi connectivity index (χ1) is 12.9. The summed E-state index contributed by atoms with van der Waals surface area (Å²) in [5.74, 6) is -0.659. The van der Waals surface area contributed by atoms with E-state index in [2.05, 4.69) is 5.32 Å². The molecule has 1 unspecified atom stereocenters. The number of carbonyl (C=O) groups is 1. The normalized spacial score (nSPS) is 20.1. The van der Waals surface area contributed by atoms with Gasteiger partial charge in [0.25, 0.3) is 0 Å². The zero-order chi connectivity index (χ0) is 19.3. The maximum absolute atomic E-state index is 15.4. The van der Waals surface area contributed by atoms with Crippen molar-refractivity contribution in [2.24, 2.45) is 0 Å². The number of hydrogen-bond donors (Lipinski definition) is 1. The minimum Gasteiger partial charge on any atom is -0.491 e. The van der Waals surface area contributed by atoms with Crippen molar-refractivity contribution < 1.29 is 13.9 Å². The molecule has 2 fully saturated rings. The van der Waals surface area contributed by atoms with Crippen LogP contribution in [0.5, 0.6) is 5.75 Å². The Balaban J connectivity index is 2.02. The van der Waals surface area contributed by atoms with Crippen LogP contribution in [0.4, 0.5) is 10.1 Å². The molecule has 0 bridgehead atoms. The second-order valence-corrected chi connectivity index (χ2v) is 7.51. The fraction of sp³-hybridized carbons (Fsp3) is 0.500. The summed E-state index contributed by atoms with van der Waals surface area (Å²) < 4.78 is 22.7. The molecule has 1 aliphatic heterocycles. The van der Waals surface area contributed by atoms with E-state index in [1.807, 2.05) is 16.4 Å². The number of aromatic nitrogens is 1. The fourth-order valence-corrected chi connectivity index (χ4v) is 3.91. The van der Waals surface area contributed by atoms with Crippen LogP contribution in [-0.2, 0) is 0 Å². The lowest BCUT2D eigenvalue weighted by Gasteiger charge is -2.34. The van der Waals surface area contributed by atoms with E-state index in [4.69, 9.17) is 4.74 Å². The maximum Gasteiger partial charge on any atom is 0.200 e. The van der Waals surface area contributed by atoms with Gasteiger partial charge in [0.15, 0.2) is 22.8 Å². The number of fused-ring (bicyclic) bond motifs is 1. The number of ketones is 1. The number of rotatable bonds is 4. The highest BCUT2D eigenvalue weighted by Crippen LogP contribution is 2.42. The Hall–Kier alpha value is -2.41. The van der Waals surface area contributed by atoms with Gasteiger partial charge in [0.1, 0.15) is 0 Å². The quantitative estimate of drug-likeness (QED) is 0.835. The number of nitrogens with one attached hydrogen (secondary N) is 1. The van der Waals surface area contributed by atoms with Crippen molar-refractivity contribution in [1.82, 2.24) is 9.88 Å². The number of ether oxygens (including phenoxy) is 1. The standard InChI is InChI=1S/C20H24FN3O3/c1-11-9-23(7-6-22-11)16-8-14-18(20(27-3)17(16)21)24(13-4-5-13)10-15(12(2)25)19(14)26/h8,10-11,13,22H,4-7,9H2,1-3H3. The lowest BCUT2D eigenvalue weighted by atomic mass is 10.1. The summed E-state index contributed by atoms with van der Waals surface area (Å²) in [6.07, 6.45) is 3.45. The molecule has 0 spiro atoms. The molecular formula is C20H24FN3O3. The molecule has 2 aliphatic rings. The topological polar surface area (TPSA) is 63.6 Å². The smallest absolute Gasteiger partial charge is 0.200 e. The van der Waals surface area contributed by atoms with Crippen LogP contribution < -0.4 is 20.4 Å². The van der Waals surface area contributed by atoms with Crippen molar-refractivity contribution in [3.8, 4) is 5.75 Å². The van der Waals surface area contributed by atoms with Gasteiger partial charge in [-0.3, -0.25) is 9.59 Å². The molecule has 1 saturated heterocycles. The van der Waals surface area contributed by atoms with Crippen LogP contribution in [0.3, 0.4) is 0 Å². The Labute approximate surface area is 156 Å². The SMILES string of the molecule is COc1c(F)c(N2CCNC(C)C2)cc2c(=O)c(C(C)=O)cn(C3CC3)c12. The van der Waals surface area contributed by atoms with E-state index in [0.717, 1.165) is 19.4 Å². The number of anilines is 1. The predicted octanol–water partition coefficient (Wildman–Crippen LogP) is 2.48. The van der Waals surface area contributed by atoms with E-state index in [9.17, 15) is 9.59 Å². The van der Waals surface area contributed by atoms with Crippen LogP contribution in [0.2, 0.25) is 0 Å². The molecule has 1 atom stereocenters. The highest BCUT2D eigenvalue weighted by atomic mass is 19.1. The van der Waals surface area contributed by atoms with E-state index in [1.54, 1.807) is 12.3 Å². The third-order valence-electron chi connectivity index (χ3n) is 5.42. The monoisotopic (exact) mass is 373 g/mol. The Morgan fingerprint density at radius 3 is 2.70 bits per heavy atom. The maximum atomic E-state index is 15.4. The number of carbonyl (C=O) groups excluding carboxylic acids is 1. The lowest BCUT2D eigenvalue weighted by Crippen LogP contribution is -2.49. The lowest BCUT2D eigenvalue weighted by molar-refractivity contribution is 0.101. The minimum atomic E-state index is -0.455. The molecular weight excluding hydrogens is 349 g/mol. The summed E-state index contributed by atoms with van der Waals surface area (Å²) in [4.78, 5) is 27.0. The molecule has 1 aliphatic carbocycles. The van der Waals surface area contributed by atoms with Crippen molar-refractivity contribution in [3.05, 3.63) is 33.9 Å². The second-order valence-electron chi connectivity index (χ2n) is 7.51. The predicted molar refractivity (Wildman–Crippen MR) is 103 cm³/mol. The molecule has 2 aromatic rings. The van der Waals surface area contributed by atoms with Gasteiger partial charge in [-0.15, -0.1) is 0 Å². The van der Waals surface area contributed by atoms with E-state index in [-0.39, 0.29) is 34.6 Å². The fourth-order valence-electron chi connectivity index (χ4n) is 3.91. The van der Waals surface area contributed by atoms with Gasteiger partial charge in [0, 0.05) is 37.9 Å². The molecule has 2 heterocycles. The average molecular weight is 373 g/mol. The first-order valence-electron chi connectivity index (χ1n) is 9.37. The largest absolute Gasteiger partial charge is 0.491 e. The number of Topliss-reactive ketones (excluding diaryl/α,β-unsaturated/α-hetero) is 1. The summed E-state index contributed by atoms with van der Waals surface area (Å²) in [5, 5.41) is 3.67. The minimum absolute atomic E-state index is 0.0767. The van der Waals surface area contributed by atoms with Crippen LogP contribution in [0.25, 0.3) is 10.9 Å². The van der Waals surface area contributed by atoms with Crippen LogP contribution in [0, 0.1) is 5.82 Å². The third kappa shape index (κ3) is 3.00. The van der Waals surface area contributed by atoms with Gasteiger partial charge in [-0.1, -0.05) is 0 Å². The molecule has 7 heteroatoms. The van der Waals surface area contributed by atoms with Gasteiger partial charge in [-0.2, -0.15) is 0 Å². The van der Waals surface area contributed by atoms with Gasteiger partial charge < -0.3 is 19.5 Å². The summed E-state index contributed by atoms with van der Waals surface area (Å²) >= 11 is 0. The molecule has 144 valence electrons. The zero-order valence-electron chi connectivity index (χ0n) is 15.8. The van der Waals surface area contributed by atoms with Crippen LogP contribution in [0.15, 0.2) is 17.1 Å². The molecule has 0 amide bonds. The summed E-state index contributed by atoms with van der Waals surface area (Å²) in [6.45, 7) is 5.43. The highest BCUT2D eigenvalue weighted by molar-refractivity contribution is 5.99. The number of piperazine rings is 1. The van der Waals surface area contributed by atoms with Gasteiger partial charge in [-0.05, 0) is 32.8 Å².